The van der Waals surface area contributed by atoms with Crippen LogP contribution in [0.5, 0.6) is 0 Å². The fraction of sp³-hybridized carbons (Fsp3) is 0.538. The smallest absolute Gasteiger partial charge is 0.140 e. The van der Waals surface area contributed by atoms with Crippen LogP contribution in [-0.2, 0) is 0 Å². The van der Waals surface area contributed by atoms with E-state index in [-0.39, 0.29) is 11.9 Å². The molecule has 2 atom stereocenters. The molecule has 1 saturated heterocycles. The van der Waals surface area contributed by atoms with Crippen molar-refractivity contribution in [1.29, 1.82) is 0 Å². The van der Waals surface area contributed by atoms with Gasteiger partial charge in [-0.1, -0.05) is 25.0 Å². The highest BCUT2D eigenvalue weighted by atomic mass is 19.1. The van der Waals surface area contributed by atoms with E-state index in [0.29, 0.717) is 5.56 Å². The van der Waals surface area contributed by atoms with Gasteiger partial charge in [-0.15, -0.1) is 0 Å². The Balaban J connectivity index is 2.04. The fourth-order valence-corrected chi connectivity index (χ4v) is 2.18. The maximum absolute atomic E-state index is 14.1. The monoisotopic (exact) mass is 225 g/mol. The van der Waals surface area contributed by atoms with Crippen LogP contribution in [0.3, 0.4) is 0 Å². The summed E-state index contributed by atoms with van der Waals surface area (Å²) in [5.41, 5.74) is 0.570. The molecule has 1 aromatic carbocycles. The molecule has 88 valence electrons. The number of nitrogens with one attached hydrogen (secondary N) is 1. The first kappa shape index (κ1) is 11.5. The molecule has 1 aromatic rings. The van der Waals surface area contributed by atoms with Crippen molar-refractivity contribution in [2.24, 2.45) is 0 Å². The lowest BCUT2D eigenvalue weighted by molar-refractivity contribution is 0.249. The first-order valence-corrected chi connectivity index (χ1v) is 5.90. The third-order valence-electron chi connectivity index (χ3n) is 3.14. The molecule has 0 amide bonds. The third-order valence-corrected chi connectivity index (χ3v) is 3.14. The summed E-state index contributed by atoms with van der Waals surface area (Å²) in [6.45, 7) is 0.881. The van der Waals surface area contributed by atoms with Gasteiger partial charge in [0.05, 0.1) is 0 Å². The molecular weight excluding hydrogens is 208 g/mol. The zero-order valence-electron chi connectivity index (χ0n) is 9.26. The lowest BCUT2D eigenvalue weighted by Crippen LogP contribution is -2.32. The van der Waals surface area contributed by atoms with Gasteiger partial charge in [0.1, 0.15) is 12.0 Å². The average molecular weight is 225 g/mol. The Morgan fingerprint density at radius 1 is 1.12 bits per heavy atom. The molecule has 3 heteroatoms. The second kappa shape index (κ2) is 5.39. The van der Waals surface area contributed by atoms with Crippen molar-refractivity contribution in [3.8, 4) is 0 Å². The molecule has 0 aliphatic carbocycles. The highest BCUT2D eigenvalue weighted by Crippen LogP contribution is 2.26. The van der Waals surface area contributed by atoms with Gasteiger partial charge in [-0.25, -0.2) is 8.78 Å². The first-order chi connectivity index (χ1) is 7.77. The van der Waals surface area contributed by atoms with Crippen LogP contribution in [-0.4, -0.2) is 12.6 Å². The van der Waals surface area contributed by atoms with Crippen molar-refractivity contribution in [2.45, 2.75) is 37.9 Å². The van der Waals surface area contributed by atoms with E-state index in [4.69, 9.17) is 0 Å². The minimum atomic E-state index is -1.03. The summed E-state index contributed by atoms with van der Waals surface area (Å²) in [5, 5.41) is 3.23. The summed E-state index contributed by atoms with van der Waals surface area (Å²) in [7, 11) is 0. The second-order valence-corrected chi connectivity index (χ2v) is 4.36. The third kappa shape index (κ3) is 2.79. The molecule has 0 radical (unpaired) electrons. The molecule has 2 unspecified atom stereocenters. The Labute approximate surface area is 94.9 Å². The highest BCUT2D eigenvalue weighted by molar-refractivity contribution is 5.20. The summed E-state index contributed by atoms with van der Waals surface area (Å²) in [6.07, 6.45) is 3.18. The quantitative estimate of drug-likeness (QED) is 0.813. The fourth-order valence-electron chi connectivity index (χ4n) is 2.18. The molecule has 1 heterocycles. The van der Waals surface area contributed by atoms with Crippen LogP contribution in [0.2, 0.25) is 0 Å². The van der Waals surface area contributed by atoms with Crippen molar-refractivity contribution >= 4 is 0 Å². The Kier molecular flexibility index (Phi) is 3.88. The topological polar surface area (TPSA) is 12.0 Å². The lowest BCUT2D eigenvalue weighted by atomic mass is 10.00. The number of hydrogen-bond acceptors (Lipinski definition) is 1. The van der Waals surface area contributed by atoms with E-state index in [1.807, 2.05) is 0 Å². The van der Waals surface area contributed by atoms with Gasteiger partial charge in [0.2, 0.25) is 0 Å². The van der Waals surface area contributed by atoms with Crippen molar-refractivity contribution in [2.75, 3.05) is 6.54 Å². The van der Waals surface area contributed by atoms with Gasteiger partial charge in [-0.3, -0.25) is 0 Å². The van der Waals surface area contributed by atoms with Gasteiger partial charge in [-0.2, -0.15) is 0 Å². The van der Waals surface area contributed by atoms with Gasteiger partial charge < -0.3 is 5.32 Å². The molecule has 0 spiro atoms. The van der Waals surface area contributed by atoms with Crippen LogP contribution < -0.4 is 5.32 Å². The summed E-state index contributed by atoms with van der Waals surface area (Å²) in [5.74, 6) is -0.315. The Morgan fingerprint density at radius 2 is 1.88 bits per heavy atom. The number of rotatable bonds is 2. The lowest BCUT2D eigenvalue weighted by Gasteiger charge is -2.20. The molecule has 1 fully saturated rings. The molecule has 1 aliphatic rings. The summed E-state index contributed by atoms with van der Waals surface area (Å²) in [6, 6.07) is 5.59. The van der Waals surface area contributed by atoms with Crippen molar-refractivity contribution < 1.29 is 8.78 Å². The summed E-state index contributed by atoms with van der Waals surface area (Å²) in [4.78, 5) is 0. The van der Waals surface area contributed by atoms with E-state index in [1.165, 1.54) is 30.7 Å². The zero-order valence-corrected chi connectivity index (χ0v) is 9.26. The Morgan fingerprint density at radius 3 is 2.62 bits per heavy atom. The standard InChI is InChI=1S/C13H17F2N/c14-11-7-5-10(6-8-11)13(15)12-4-2-1-3-9-16-12/h5-8,12-13,16H,1-4,9H2. The van der Waals surface area contributed by atoms with E-state index >= 15 is 0 Å². The van der Waals surface area contributed by atoms with Gasteiger partial charge in [-0.05, 0) is 37.1 Å². The minimum Gasteiger partial charge on any atom is -0.311 e. The minimum absolute atomic E-state index is 0.118. The molecule has 16 heavy (non-hydrogen) atoms. The molecule has 1 aliphatic heterocycles. The van der Waals surface area contributed by atoms with Crippen LogP contribution in [0.15, 0.2) is 24.3 Å². The van der Waals surface area contributed by atoms with E-state index in [1.54, 1.807) is 0 Å². The molecule has 1 nitrogen and oxygen atoms in total. The SMILES string of the molecule is Fc1ccc(C(F)C2CCCCCN2)cc1. The van der Waals surface area contributed by atoms with E-state index in [2.05, 4.69) is 5.32 Å². The number of halogens is 2. The Bertz CT molecular complexity index is 315. The van der Waals surface area contributed by atoms with Gasteiger partial charge in [0, 0.05) is 6.04 Å². The van der Waals surface area contributed by atoms with Gasteiger partial charge >= 0.3 is 0 Å². The van der Waals surface area contributed by atoms with Crippen molar-refractivity contribution in [1.82, 2.24) is 5.32 Å². The molecule has 0 saturated carbocycles. The normalized spacial score (nSPS) is 23.8. The van der Waals surface area contributed by atoms with E-state index < -0.39 is 6.17 Å². The Hall–Kier alpha value is -0.960. The highest BCUT2D eigenvalue weighted by Gasteiger charge is 2.23. The number of hydrogen-bond donors (Lipinski definition) is 1. The molecule has 2 rings (SSSR count). The van der Waals surface area contributed by atoms with E-state index in [9.17, 15) is 8.78 Å². The average Bonchev–Trinajstić information content (AvgIpc) is 2.57. The largest absolute Gasteiger partial charge is 0.311 e. The van der Waals surface area contributed by atoms with Crippen LogP contribution in [0.1, 0.15) is 37.4 Å². The predicted molar refractivity (Wildman–Crippen MR) is 60.5 cm³/mol. The van der Waals surface area contributed by atoms with Crippen molar-refractivity contribution in [3.63, 3.8) is 0 Å². The van der Waals surface area contributed by atoms with Crippen LogP contribution >= 0.6 is 0 Å². The van der Waals surface area contributed by atoms with Gasteiger partial charge in [0.15, 0.2) is 0 Å². The van der Waals surface area contributed by atoms with E-state index in [0.717, 1.165) is 25.8 Å². The predicted octanol–water partition coefficient (Wildman–Crippen LogP) is 3.37. The van der Waals surface area contributed by atoms with Crippen LogP contribution in [0.25, 0.3) is 0 Å². The van der Waals surface area contributed by atoms with Gasteiger partial charge in [0.25, 0.3) is 0 Å². The number of alkyl halides is 1. The molecule has 0 bridgehead atoms. The second-order valence-electron chi connectivity index (χ2n) is 4.36. The molecule has 1 N–H and O–H groups in total. The molecule has 0 aromatic heterocycles. The maximum atomic E-state index is 14.1. The molecular formula is C13H17F2N. The summed E-state index contributed by atoms with van der Waals surface area (Å²) >= 11 is 0. The maximum Gasteiger partial charge on any atom is 0.140 e. The summed E-state index contributed by atoms with van der Waals surface area (Å²) < 4.78 is 26.9. The van der Waals surface area contributed by atoms with Crippen LogP contribution in [0.4, 0.5) is 8.78 Å². The van der Waals surface area contributed by atoms with Crippen molar-refractivity contribution in [3.05, 3.63) is 35.6 Å². The zero-order chi connectivity index (χ0) is 11.4. The number of benzene rings is 1. The first-order valence-electron chi connectivity index (χ1n) is 5.90. The van der Waals surface area contributed by atoms with Crippen LogP contribution in [0, 0.1) is 5.82 Å².